The van der Waals surface area contributed by atoms with Crippen molar-refractivity contribution in [2.75, 3.05) is 11.9 Å². The predicted octanol–water partition coefficient (Wildman–Crippen LogP) is 1.80. The first-order valence-corrected chi connectivity index (χ1v) is 7.57. The van der Waals surface area contributed by atoms with Gasteiger partial charge >= 0.3 is 0 Å². The summed E-state index contributed by atoms with van der Waals surface area (Å²) < 4.78 is 0. The van der Waals surface area contributed by atoms with E-state index in [9.17, 15) is 9.59 Å². The number of anilines is 1. The van der Waals surface area contributed by atoms with Crippen molar-refractivity contribution in [1.29, 1.82) is 0 Å². The first kappa shape index (κ1) is 17.9. The molecule has 2 amide bonds. The summed E-state index contributed by atoms with van der Waals surface area (Å²) in [5, 5.41) is 6.00. The van der Waals surface area contributed by atoms with E-state index in [2.05, 4.69) is 21.5 Å². The maximum Gasteiger partial charge on any atom is 0.269 e. The lowest BCUT2D eigenvalue weighted by Gasteiger charge is -2.11. The van der Waals surface area contributed by atoms with E-state index in [0.717, 1.165) is 0 Å². The van der Waals surface area contributed by atoms with E-state index in [0.29, 0.717) is 35.2 Å². The van der Waals surface area contributed by atoms with Crippen LogP contribution in [0.5, 0.6) is 0 Å². The number of rotatable bonds is 5. The molecule has 0 radical (unpaired) electrons. The number of thiocarbonyl (C=S) groups is 1. The zero-order valence-corrected chi connectivity index (χ0v) is 13.8. The molecule has 1 rings (SSSR count). The largest absolute Gasteiger partial charge is 0.362 e. The normalized spacial score (nSPS) is 10.0. The maximum atomic E-state index is 11.9. The van der Waals surface area contributed by atoms with Crippen LogP contribution in [-0.2, 0) is 4.79 Å². The molecule has 0 saturated heterocycles. The smallest absolute Gasteiger partial charge is 0.269 e. The molecule has 22 heavy (non-hydrogen) atoms. The van der Waals surface area contributed by atoms with Crippen LogP contribution >= 0.6 is 12.2 Å². The molecular weight excluding hydrogens is 300 g/mol. The highest BCUT2D eigenvalue weighted by Gasteiger charge is 2.08. The molecular formula is C15H22N4O2S. The Morgan fingerprint density at radius 1 is 1.14 bits per heavy atom. The summed E-state index contributed by atoms with van der Waals surface area (Å²) in [6, 6.07) is 6.65. The molecule has 0 aliphatic rings. The first-order chi connectivity index (χ1) is 10.4. The average molecular weight is 322 g/mol. The molecule has 0 heterocycles. The minimum Gasteiger partial charge on any atom is -0.362 e. The molecule has 4 N–H and O–H groups in total. The highest BCUT2D eigenvalue weighted by molar-refractivity contribution is 7.80. The van der Waals surface area contributed by atoms with Gasteiger partial charge in [-0.1, -0.05) is 13.8 Å². The van der Waals surface area contributed by atoms with Gasteiger partial charge in [0.25, 0.3) is 5.91 Å². The summed E-state index contributed by atoms with van der Waals surface area (Å²) in [5.41, 5.74) is 6.22. The van der Waals surface area contributed by atoms with Crippen molar-refractivity contribution in [3.8, 4) is 0 Å². The summed E-state index contributed by atoms with van der Waals surface area (Å²) in [6.07, 6.45) is 0.466. The van der Waals surface area contributed by atoms with Gasteiger partial charge in [-0.15, -0.1) is 0 Å². The quantitative estimate of drug-likeness (QED) is 0.491. The molecule has 120 valence electrons. The Labute approximate surface area is 136 Å². The number of carbonyl (C=O) groups is 2. The summed E-state index contributed by atoms with van der Waals surface area (Å²) in [6.45, 7) is 6.55. The molecule has 0 bridgehead atoms. The zero-order valence-electron chi connectivity index (χ0n) is 13.0. The van der Waals surface area contributed by atoms with Gasteiger partial charge in [-0.3, -0.25) is 20.4 Å². The van der Waals surface area contributed by atoms with Gasteiger partial charge in [0.2, 0.25) is 5.91 Å². The highest BCUT2D eigenvalue weighted by atomic mass is 32.1. The fourth-order valence-corrected chi connectivity index (χ4v) is 1.87. The lowest BCUT2D eigenvalue weighted by molar-refractivity contribution is -0.116. The molecule has 1 aromatic carbocycles. The zero-order chi connectivity index (χ0) is 16.5. The number of hydrogen-bond donors (Lipinski definition) is 4. The van der Waals surface area contributed by atoms with Crippen LogP contribution in [0.1, 0.15) is 37.6 Å². The number of carbonyl (C=O) groups excluding carboxylic acids is 2. The lowest BCUT2D eigenvalue weighted by Crippen LogP contribution is -2.46. The fraction of sp³-hybridized carbons (Fsp3) is 0.400. The van der Waals surface area contributed by atoms with E-state index in [4.69, 9.17) is 12.2 Å². The van der Waals surface area contributed by atoms with E-state index in [1.807, 2.05) is 20.8 Å². The van der Waals surface area contributed by atoms with Crippen molar-refractivity contribution in [2.45, 2.75) is 27.2 Å². The number of hydrazine groups is 1. The van der Waals surface area contributed by atoms with Crippen molar-refractivity contribution >= 4 is 34.8 Å². The van der Waals surface area contributed by atoms with Gasteiger partial charge in [0.15, 0.2) is 5.11 Å². The van der Waals surface area contributed by atoms with Gasteiger partial charge in [0, 0.05) is 24.2 Å². The van der Waals surface area contributed by atoms with Gasteiger partial charge in [-0.25, -0.2) is 0 Å². The van der Waals surface area contributed by atoms with Crippen molar-refractivity contribution in [1.82, 2.24) is 16.2 Å². The molecule has 7 heteroatoms. The first-order valence-electron chi connectivity index (χ1n) is 7.16. The number of benzene rings is 1. The standard InChI is InChI=1S/C15H22N4O2S/c1-4-16-15(22)19-18-14(21)11-5-7-12(8-6-11)17-13(20)9-10(2)3/h5-8,10H,4,9H2,1-3H3,(H,17,20)(H,18,21)(H2,16,19,22). The van der Waals surface area contributed by atoms with E-state index in [1.54, 1.807) is 24.3 Å². The second-order valence-electron chi connectivity index (χ2n) is 5.16. The maximum absolute atomic E-state index is 11.9. The number of nitrogens with one attached hydrogen (secondary N) is 4. The summed E-state index contributed by atoms with van der Waals surface area (Å²) >= 11 is 4.94. The fourth-order valence-electron chi connectivity index (χ4n) is 1.68. The third kappa shape index (κ3) is 6.53. The van der Waals surface area contributed by atoms with Gasteiger partial charge in [-0.05, 0) is 49.3 Å². The molecule has 1 aromatic rings. The minimum atomic E-state index is -0.305. The molecule has 0 aliphatic carbocycles. The Hall–Kier alpha value is -2.15. The van der Waals surface area contributed by atoms with Gasteiger partial charge in [0.1, 0.15) is 0 Å². The van der Waals surface area contributed by atoms with Crippen molar-refractivity contribution < 1.29 is 9.59 Å². The molecule has 0 spiro atoms. The second kappa shape index (κ2) is 8.99. The topological polar surface area (TPSA) is 82.3 Å². The van der Waals surface area contributed by atoms with Crippen molar-refractivity contribution in [3.63, 3.8) is 0 Å². The van der Waals surface area contributed by atoms with Gasteiger partial charge < -0.3 is 10.6 Å². The lowest BCUT2D eigenvalue weighted by atomic mass is 10.1. The van der Waals surface area contributed by atoms with E-state index < -0.39 is 0 Å². The van der Waals surface area contributed by atoms with E-state index in [-0.39, 0.29) is 11.8 Å². The number of hydrogen-bond acceptors (Lipinski definition) is 3. The van der Waals surface area contributed by atoms with E-state index in [1.165, 1.54) is 0 Å². The second-order valence-corrected chi connectivity index (χ2v) is 5.57. The Kier molecular flexibility index (Phi) is 7.31. The van der Waals surface area contributed by atoms with Crippen molar-refractivity contribution in [3.05, 3.63) is 29.8 Å². The SMILES string of the molecule is CCNC(=S)NNC(=O)c1ccc(NC(=O)CC(C)C)cc1. The molecule has 0 aliphatic heterocycles. The number of amides is 2. The minimum absolute atomic E-state index is 0.0372. The van der Waals surface area contributed by atoms with Crippen LogP contribution in [0.25, 0.3) is 0 Å². The molecule has 0 unspecified atom stereocenters. The van der Waals surface area contributed by atoms with Crippen LogP contribution in [0.2, 0.25) is 0 Å². The Morgan fingerprint density at radius 3 is 2.32 bits per heavy atom. The molecule has 0 fully saturated rings. The van der Waals surface area contributed by atoms with Crippen LogP contribution in [0, 0.1) is 5.92 Å². The van der Waals surface area contributed by atoms with Crippen LogP contribution in [0.3, 0.4) is 0 Å². The van der Waals surface area contributed by atoms with Crippen LogP contribution in [-0.4, -0.2) is 23.5 Å². The van der Waals surface area contributed by atoms with Crippen molar-refractivity contribution in [2.24, 2.45) is 5.92 Å². The van der Waals surface area contributed by atoms with E-state index >= 15 is 0 Å². The summed E-state index contributed by atoms with van der Waals surface area (Å²) in [7, 11) is 0. The summed E-state index contributed by atoms with van der Waals surface area (Å²) in [4.78, 5) is 23.5. The van der Waals surface area contributed by atoms with Crippen LogP contribution in [0.4, 0.5) is 5.69 Å². The highest BCUT2D eigenvalue weighted by Crippen LogP contribution is 2.11. The molecule has 0 aromatic heterocycles. The van der Waals surface area contributed by atoms with Crippen LogP contribution < -0.4 is 21.5 Å². The Morgan fingerprint density at radius 2 is 1.77 bits per heavy atom. The van der Waals surface area contributed by atoms with Crippen LogP contribution in [0.15, 0.2) is 24.3 Å². The third-order valence-corrected chi connectivity index (χ3v) is 2.90. The Bertz CT molecular complexity index is 529. The molecule has 0 atom stereocenters. The van der Waals surface area contributed by atoms with Gasteiger partial charge in [0.05, 0.1) is 0 Å². The average Bonchev–Trinajstić information content (AvgIpc) is 2.45. The molecule has 0 saturated carbocycles. The monoisotopic (exact) mass is 322 g/mol. The molecule has 6 nitrogen and oxygen atoms in total. The third-order valence-electron chi connectivity index (χ3n) is 2.65. The predicted molar refractivity (Wildman–Crippen MR) is 91.4 cm³/mol. The Balaban J connectivity index is 2.51. The summed E-state index contributed by atoms with van der Waals surface area (Å²) in [5.74, 6) is -0.0399. The van der Waals surface area contributed by atoms with Gasteiger partial charge in [-0.2, -0.15) is 0 Å².